The Morgan fingerprint density at radius 1 is 1.22 bits per heavy atom. The number of carbonyl (C=O) groups is 1. The van der Waals surface area contributed by atoms with Crippen LogP contribution in [0.2, 0.25) is 0 Å². The third-order valence-electron chi connectivity index (χ3n) is 3.49. The monoisotopic (exact) mass is 311 g/mol. The van der Waals surface area contributed by atoms with Crippen LogP contribution in [0.15, 0.2) is 48.5 Å². The minimum absolute atomic E-state index is 0.181. The van der Waals surface area contributed by atoms with Gasteiger partial charge in [-0.25, -0.2) is 9.07 Å². The molecule has 0 spiro atoms. The number of benzene rings is 2. The van der Waals surface area contributed by atoms with Crippen LogP contribution in [0, 0.1) is 5.82 Å². The number of rotatable bonds is 5. The molecule has 0 bridgehead atoms. The molecule has 0 radical (unpaired) electrons. The molecule has 0 saturated heterocycles. The second kappa shape index (κ2) is 6.39. The first-order chi connectivity index (χ1) is 11.2. The molecule has 0 aliphatic carbocycles. The Morgan fingerprint density at radius 2 is 2.04 bits per heavy atom. The smallest absolute Gasteiger partial charge is 0.172 e. The zero-order valence-corrected chi connectivity index (χ0v) is 12.4. The lowest BCUT2D eigenvalue weighted by molar-refractivity contribution is 0.111. The van der Waals surface area contributed by atoms with Gasteiger partial charge in [0.2, 0.25) is 0 Å². The molecule has 0 unspecified atom stereocenters. The van der Waals surface area contributed by atoms with E-state index in [9.17, 15) is 9.18 Å². The van der Waals surface area contributed by atoms with E-state index in [1.807, 2.05) is 12.1 Å². The first kappa shape index (κ1) is 14.9. The summed E-state index contributed by atoms with van der Waals surface area (Å²) < 4.78 is 20.6. The molecule has 6 heteroatoms. The van der Waals surface area contributed by atoms with Crippen molar-refractivity contribution >= 4 is 6.29 Å². The van der Waals surface area contributed by atoms with Crippen molar-refractivity contribution in [2.75, 3.05) is 7.11 Å². The average molecular weight is 311 g/mol. The van der Waals surface area contributed by atoms with Gasteiger partial charge in [0, 0.05) is 11.1 Å². The van der Waals surface area contributed by atoms with Crippen molar-refractivity contribution in [1.82, 2.24) is 15.0 Å². The summed E-state index contributed by atoms with van der Waals surface area (Å²) in [5.41, 5.74) is 1.93. The third kappa shape index (κ3) is 2.96. The molecular weight excluding hydrogens is 297 g/mol. The van der Waals surface area contributed by atoms with Crippen molar-refractivity contribution in [1.29, 1.82) is 0 Å². The molecule has 0 saturated carbocycles. The van der Waals surface area contributed by atoms with Gasteiger partial charge in [0.1, 0.15) is 11.6 Å². The molecule has 0 N–H and O–H groups in total. The summed E-state index contributed by atoms with van der Waals surface area (Å²) in [5, 5.41) is 7.86. The molecule has 0 amide bonds. The summed E-state index contributed by atoms with van der Waals surface area (Å²) >= 11 is 0. The Balaban J connectivity index is 2.07. The summed E-state index contributed by atoms with van der Waals surface area (Å²) in [6, 6.07) is 13.7. The molecule has 1 heterocycles. The van der Waals surface area contributed by atoms with E-state index in [0.29, 0.717) is 23.3 Å². The standard InChI is InChI=1S/C17H14FN3O2/c1-23-14-7-4-6-12(9-14)17-16(11-22)19-20-21(17)10-13-5-2-3-8-15(13)18/h2-9,11H,10H2,1H3. The topological polar surface area (TPSA) is 57.0 Å². The molecule has 5 nitrogen and oxygen atoms in total. The van der Waals surface area contributed by atoms with Crippen molar-refractivity contribution in [2.45, 2.75) is 6.54 Å². The van der Waals surface area contributed by atoms with Crippen LogP contribution in [0.4, 0.5) is 4.39 Å². The molecule has 2 aromatic carbocycles. The molecule has 3 rings (SSSR count). The fourth-order valence-corrected chi connectivity index (χ4v) is 2.37. The fourth-order valence-electron chi connectivity index (χ4n) is 2.37. The number of ether oxygens (including phenoxy) is 1. The second-order valence-electron chi connectivity index (χ2n) is 4.92. The molecule has 0 aliphatic heterocycles. The van der Waals surface area contributed by atoms with Crippen molar-refractivity contribution in [3.63, 3.8) is 0 Å². The highest BCUT2D eigenvalue weighted by molar-refractivity contribution is 5.83. The number of aldehydes is 1. The zero-order valence-electron chi connectivity index (χ0n) is 12.4. The van der Waals surface area contributed by atoms with Gasteiger partial charge in [-0.2, -0.15) is 0 Å². The maximum atomic E-state index is 13.9. The lowest BCUT2D eigenvalue weighted by Gasteiger charge is -2.09. The predicted molar refractivity (Wildman–Crippen MR) is 82.9 cm³/mol. The van der Waals surface area contributed by atoms with Crippen LogP contribution in [0.1, 0.15) is 16.1 Å². The summed E-state index contributed by atoms with van der Waals surface area (Å²) in [6.07, 6.45) is 0.639. The van der Waals surface area contributed by atoms with Gasteiger partial charge in [-0.1, -0.05) is 35.5 Å². The van der Waals surface area contributed by atoms with Gasteiger partial charge >= 0.3 is 0 Å². The molecule has 3 aromatic rings. The number of hydrogen-bond acceptors (Lipinski definition) is 4. The van der Waals surface area contributed by atoms with E-state index in [1.54, 1.807) is 37.4 Å². The molecule has 0 aliphatic rings. The van der Waals surface area contributed by atoms with Crippen LogP contribution < -0.4 is 4.74 Å². The summed E-state index contributed by atoms with van der Waals surface area (Å²) in [7, 11) is 1.56. The Hall–Kier alpha value is -3.02. The number of methoxy groups -OCH3 is 1. The fraction of sp³-hybridized carbons (Fsp3) is 0.118. The minimum atomic E-state index is -0.327. The van der Waals surface area contributed by atoms with Gasteiger partial charge in [-0.3, -0.25) is 4.79 Å². The second-order valence-corrected chi connectivity index (χ2v) is 4.92. The Kier molecular flexibility index (Phi) is 4.14. The molecular formula is C17H14FN3O2. The first-order valence-corrected chi connectivity index (χ1v) is 6.99. The Morgan fingerprint density at radius 3 is 2.78 bits per heavy atom. The van der Waals surface area contributed by atoms with Gasteiger partial charge in [-0.05, 0) is 18.2 Å². The normalized spacial score (nSPS) is 10.5. The highest BCUT2D eigenvalue weighted by atomic mass is 19.1. The maximum absolute atomic E-state index is 13.9. The van der Waals surface area contributed by atoms with Gasteiger partial charge in [0.25, 0.3) is 0 Å². The summed E-state index contributed by atoms with van der Waals surface area (Å²) in [5.74, 6) is 0.324. The Labute approximate surface area is 132 Å². The van der Waals surface area contributed by atoms with E-state index >= 15 is 0 Å². The van der Waals surface area contributed by atoms with Crippen LogP contribution in [0.5, 0.6) is 5.75 Å². The van der Waals surface area contributed by atoms with Gasteiger partial charge in [-0.15, -0.1) is 5.10 Å². The van der Waals surface area contributed by atoms with E-state index in [2.05, 4.69) is 10.3 Å². The largest absolute Gasteiger partial charge is 0.497 e. The average Bonchev–Trinajstić information content (AvgIpc) is 2.99. The van der Waals surface area contributed by atoms with Crippen molar-refractivity contribution < 1.29 is 13.9 Å². The SMILES string of the molecule is COc1cccc(-c2c(C=O)nnn2Cc2ccccc2F)c1. The van der Waals surface area contributed by atoms with Crippen LogP contribution >= 0.6 is 0 Å². The first-order valence-electron chi connectivity index (χ1n) is 6.99. The van der Waals surface area contributed by atoms with Gasteiger partial charge < -0.3 is 4.74 Å². The van der Waals surface area contributed by atoms with E-state index in [0.717, 1.165) is 5.56 Å². The number of aromatic nitrogens is 3. The van der Waals surface area contributed by atoms with E-state index in [4.69, 9.17) is 4.74 Å². The molecule has 0 fully saturated rings. The van der Waals surface area contributed by atoms with Gasteiger partial charge in [0.15, 0.2) is 12.0 Å². The highest BCUT2D eigenvalue weighted by Gasteiger charge is 2.16. The molecule has 23 heavy (non-hydrogen) atoms. The van der Waals surface area contributed by atoms with E-state index in [-0.39, 0.29) is 18.1 Å². The molecule has 0 atom stereocenters. The lowest BCUT2D eigenvalue weighted by Crippen LogP contribution is -2.06. The van der Waals surface area contributed by atoms with Crippen LogP contribution in [0.3, 0.4) is 0 Å². The van der Waals surface area contributed by atoms with E-state index in [1.165, 1.54) is 10.7 Å². The van der Waals surface area contributed by atoms with Crippen LogP contribution in [-0.4, -0.2) is 28.4 Å². The summed E-state index contributed by atoms with van der Waals surface area (Å²) in [4.78, 5) is 11.3. The van der Waals surface area contributed by atoms with Crippen molar-refractivity contribution in [3.05, 3.63) is 65.6 Å². The lowest BCUT2D eigenvalue weighted by atomic mass is 10.1. The number of carbonyl (C=O) groups excluding carboxylic acids is 1. The van der Waals surface area contributed by atoms with Crippen molar-refractivity contribution in [2.24, 2.45) is 0 Å². The highest BCUT2D eigenvalue weighted by Crippen LogP contribution is 2.26. The number of nitrogens with zero attached hydrogens (tertiary/aromatic N) is 3. The zero-order chi connectivity index (χ0) is 16.2. The summed E-state index contributed by atoms with van der Waals surface area (Å²) in [6.45, 7) is 0.181. The van der Waals surface area contributed by atoms with E-state index < -0.39 is 0 Å². The van der Waals surface area contributed by atoms with Gasteiger partial charge in [0.05, 0.1) is 19.3 Å². The van der Waals surface area contributed by atoms with Crippen LogP contribution in [-0.2, 0) is 6.54 Å². The minimum Gasteiger partial charge on any atom is -0.497 e. The molecule has 116 valence electrons. The quantitative estimate of drug-likeness (QED) is 0.680. The number of halogens is 1. The maximum Gasteiger partial charge on any atom is 0.172 e. The molecule has 1 aromatic heterocycles. The van der Waals surface area contributed by atoms with Crippen molar-refractivity contribution in [3.8, 4) is 17.0 Å². The number of hydrogen-bond donors (Lipinski definition) is 0. The third-order valence-corrected chi connectivity index (χ3v) is 3.49. The predicted octanol–water partition coefficient (Wildman–Crippen LogP) is 2.95. The Bertz CT molecular complexity index is 845. The van der Waals surface area contributed by atoms with Crippen LogP contribution in [0.25, 0.3) is 11.3 Å².